The zero-order valence-electron chi connectivity index (χ0n) is 14.2. The number of hydrogen-bond donors (Lipinski definition) is 0. The molecule has 1 aliphatic heterocycles. The summed E-state index contributed by atoms with van der Waals surface area (Å²) in [5.41, 5.74) is 4.52. The molecular formula is C20H16N4S2. The summed E-state index contributed by atoms with van der Waals surface area (Å²) in [5.74, 6) is 1.72. The van der Waals surface area contributed by atoms with Crippen LogP contribution in [0.3, 0.4) is 0 Å². The number of hydrogen-bond acceptors (Lipinski definition) is 5. The van der Waals surface area contributed by atoms with E-state index in [0.717, 1.165) is 44.6 Å². The van der Waals surface area contributed by atoms with Gasteiger partial charge in [0.2, 0.25) is 0 Å². The van der Waals surface area contributed by atoms with Crippen LogP contribution in [0.25, 0.3) is 16.0 Å². The van der Waals surface area contributed by atoms with Crippen molar-refractivity contribution in [3.05, 3.63) is 69.9 Å². The highest BCUT2D eigenvalue weighted by atomic mass is 32.1. The summed E-state index contributed by atoms with van der Waals surface area (Å²) >= 11 is 7.27. The van der Waals surface area contributed by atoms with E-state index >= 15 is 0 Å². The van der Waals surface area contributed by atoms with Gasteiger partial charge in [0.25, 0.3) is 0 Å². The first-order valence-corrected chi connectivity index (χ1v) is 9.76. The fourth-order valence-corrected chi connectivity index (χ4v) is 4.92. The molecule has 1 aliphatic rings. The van der Waals surface area contributed by atoms with Crippen LogP contribution in [0.2, 0.25) is 0 Å². The van der Waals surface area contributed by atoms with Crippen molar-refractivity contribution in [2.75, 3.05) is 11.4 Å². The topological polar surface area (TPSA) is 34.0 Å². The van der Waals surface area contributed by atoms with E-state index in [1.54, 1.807) is 11.3 Å². The van der Waals surface area contributed by atoms with Crippen molar-refractivity contribution >= 4 is 45.4 Å². The first-order valence-electron chi connectivity index (χ1n) is 8.53. The summed E-state index contributed by atoms with van der Waals surface area (Å²) in [6.45, 7) is 2.88. The van der Waals surface area contributed by atoms with Crippen LogP contribution in [-0.4, -0.2) is 21.1 Å². The van der Waals surface area contributed by atoms with Crippen LogP contribution >= 0.6 is 23.6 Å². The summed E-state index contributed by atoms with van der Waals surface area (Å²) in [4.78, 5) is 11.8. The molecule has 3 heterocycles. The second-order valence-corrected chi connectivity index (χ2v) is 7.96. The number of para-hydroxylation sites is 2. The number of benzene rings is 2. The third-order valence-electron chi connectivity index (χ3n) is 4.68. The normalized spacial score (nSPS) is 13.3. The highest BCUT2D eigenvalue weighted by molar-refractivity contribution is 7.73. The summed E-state index contributed by atoms with van der Waals surface area (Å²) in [6, 6.07) is 18.7. The fraction of sp³-hybridized carbons (Fsp3) is 0.150. The van der Waals surface area contributed by atoms with Crippen molar-refractivity contribution in [3.8, 4) is 5.69 Å². The number of nitrogens with zero attached hydrogens (tertiary/aromatic N) is 4. The van der Waals surface area contributed by atoms with Crippen molar-refractivity contribution in [2.45, 2.75) is 13.3 Å². The lowest BCUT2D eigenvalue weighted by molar-refractivity contribution is 0.952. The van der Waals surface area contributed by atoms with Gasteiger partial charge in [0.05, 0.1) is 0 Å². The minimum absolute atomic E-state index is 0.759. The Morgan fingerprint density at radius 2 is 1.77 bits per heavy atom. The van der Waals surface area contributed by atoms with Gasteiger partial charge in [-0.2, -0.15) is 0 Å². The molecule has 128 valence electrons. The van der Waals surface area contributed by atoms with E-state index in [4.69, 9.17) is 22.2 Å². The number of aryl methyl sites for hydroxylation is 1. The van der Waals surface area contributed by atoms with Crippen molar-refractivity contribution in [2.24, 2.45) is 0 Å². The quantitative estimate of drug-likeness (QED) is 0.450. The molecule has 0 unspecified atom stereocenters. The smallest absolute Gasteiger partial charge is 0.168 e. The van der Waals surface area contributed by atoms with Crippen LogP contribution in [0.15, 0.2) is 54.6 Å². The maximum absolute atomic E-state index is 5.69. The highest BCUT2D eigenvalue weighted by Crippen LogP contribution is 2.39. The molecule has 5 rings (SSSR count). The van der Waals surface area contributed by atoms with Gasteiger partial charge in [0.15, 0.2) is 15.4 Å². The van der Waals surface area contributed by atoms with Gasteiger partial charge in [-0.1, -0.05) is 47.7 Å². The molecule has 6 heteroatoms. The molecule has 26 heavy (non-hydrogen) atoms. The lowest BCUT2D eigenvalue weighted by Gasteiger charge is -2.19. The summed E-state index contributed by atoms with van der Waals surface area (Å²) in [6.07, 6.45) is 1.03. The highest BCUT2D eigenvalue weighted by Gasteiger charge is 2.25. The average Bonchev–Trinajstić information content (AvgIpc) is 3.22. The number of fused-ring (bicyclic) bond motifs is 2. The van der Waals surface area contributed by atoms with Gasteiger partial charge in [0.1, 0.15) is 10.5 Å². The maximum Gasteiger partial charge on any atom is 0.168 e. The molecule has 0 saturated heterocycles. The zero-order chi connectivity index (χ0) is 17.7. The van der Waals surface area contributed by atoms with E-state index in [2.05, 4.69) is 45.9 Å². The molecule has 0 N–H and O–H groups in total. The van der Waals surface area contributed by atoms with Gasteiger partial charge >= 0.3 is 0 Å². The molecule has 0 radical (unpaired) electrons. The van der Waals surface area contributed by atoms with Gasteiger partial charge in [-0.3, -0.25) is 4.57 Å². The summed E-state index contributed by atoms with van der Waals surface area (Å²) in [5, 5.41) is 0. The summed E-state index contributed by atoms with van der Waals surface area (Å²) < 4.78 is 3.89. The van der Waals surface area contributed by atoms with Crippen LogP contribution in [0.5, 0.6) is 0 Å². The number of anilines is 2. The Morgan fingerprint density at radius 1 is 1.00 bits per heavy atom. The Labute approximate surface area is 160 Å². The Morgan fingerprint density at radius 3 is 2.62 bits per heavy atom. The number of aromatic nitrogens is 3. The molecule has 4 aromatic rings. The van der Waals surface area contributed by atoms with Gasteiger partial charge in [-0.15, -0.1) is 0 Å². The second-order valence-electron chi connectivity index (χ2n) is 6.32. The Bertz CT molecular complexity index is 1180. The molecule has 0 bridgehead atoms. The second kappa shape index (κ2) is 6.00. The predicted octanol–water partition coefficient (Wildman–Crippen LogP) is 5.21. The lowest BCUT2D eigenvalue weighted by atomic mass is 10.2. The van der Waals surface area contributed by atoms with Crippen LogP contribution in [0, 0.1) is 10.9 Å². The van der Waals surface area contributed by atoms with E-state index in [-0.39, 0.29) is 0 Å². The van der Waals surface area contributed by atoms with Crippen molar-refractivity contribution in [1.82, 2.24) is 14.5 Å². The summed E-state index contributed by atoms with van der Waals surface area (Å²) in [7, 11) is 0. The van der Waals surface area contributed by atoms with E-state index in [1.165, 1.54) is 11.3 Å². The first-order chi connectivity index (χ1) is 12.7. The van der Waals surface area contributed by atoms with Gasteiger partial charge in [-0.05, 0) is 49.3 Å². The molecule has 0 fully saturated rings. The third-order valence-corrected chi connectivity index (χ3v) is 6.04. The Balaban J connectivity index is 1.78. The maximum atomic E-state index is 5.69. The van der Waals surface area contributed by atoms with Crippen molar-refractivity contribution < 1.29 is 0 Å². The molecule has 0 amide bonds. The molecule has 0 spiro atoms. The zero-order valence-corrected chi connectivity index (χ0v) is 15.8. The van der Waals surface area contributed by atoms with E-state index in [9.17, 15) is 0 Å². The van der Waals surface area contributed by atoms with Crippen molar-refractivity contribution in [3.63, 3.8) is 0 Å². The van der Waals surface area contributed by atoms with Gasteiger partial charge < -0.3 is 4.90 Å². The SMILES string of the molecule is Cc1nc(N2CCc3ccccc32)c2sc(=S)n(-c3ccccc3)c2n1. The average molecular weight is 377 g/mol. The van der Waals surface area contributed by atoms with Crippen molar-refractivity contribution in [1.29, 1.82) is 0 Å². The van der Waals surface area contributed by atoms with Gasteiger partial charge in [0, 0.05) is 17.9 Å². The minimum Gasteiger partial charge on any atom is -0.324 e. The van der Waals surface area contributed by atoms with E-state index < -0.39 is 0 Å². The molecule has 0 atom stereocenters. The van der Waals surface area contributed by atoms with Crippen LogP contribution in [0.4, 0.5) is 11.5 Å². The Kier molecular flexibility index (Phi) is 3.62. The van der Waals surface area contributed by atoms with E-state index in [1.807, 2.05) is 25.1 Å². The number of thiazole rings is 1. The molecule has 4 nitrogen and oxygen atoms in total. The van der Waals surface area contributed by atoms with Crippen LogP contribution in [0.1, 0.15) is 11.4 Å². The standard InChI is InChI=1S/C20H16N4S2/c1-13-21-18(23-12-11-14-7-5-6-10-16(14)23)17-19(22-13)24(20(25)26-17)15-8-3-2-4-9-15/h2-10H,11-12H2,1H3. The van der Waals surface area contributed by atoms with Gasteiger partial charge in [-0.25, -0.2) is 9.97 Å². The molecular weight excluding hydrogens is 360 g/mol. The Hall–Kier alpha value is -2.57. The molecule has 2 aromatic carbocycles. The third kappa shape index (κ3) is 2.37. The largest absolute Gasteiger partial charge is 0.324 e. The van der Waals surface area contributed by atoms with Crippen LogP contribution in [-0.2, 0) is 6.42 Å². The monoisotopic (exact) mass is 376 g/mol. The van der Waals surface area contributed by atoms with Crippen LogP contribution < -0.4 is 4.90 Å². The van der Waals surface area contributed by atoms with E-state index in [0.29, 0.717) is 0 Å². The fourth-order valence-electron chi connectivity index (χ4n) is 3.54. The minimum atomic E-state index is 0.759. The first kappa shape index (κ1) is 15.7. The predicted molar refractivity (Wildman–Crippen MR) is 109 cm³/mol. The number of rotatable bonds is 2. The molecule has 0 aliphatic carbocycles. The molecule has 0 saturated carbocycles. The molecule has 2 aromatic heterocycles. The lowest BCUT2D eigenvalue weighted by Crippen LogP contribution is -2.16.